The van der Waals surface area contributed by atoms with Crippen LogP contribution in [-0.4, -0.2) is 29.5 Å². The summed E-state index contributed by atoms with van der Waals surface area (Å²) < 4.78 is 5.43. The lowest BCUT2D eigenvalue weighted by Crippen LogP contribution is -2.36. The Morgan fingerprint density at radius 1 is 1.24 bits per heavy atom. The quantitative estimate of drug-likeness (QED) is 0.643. The van der Waals surface area contributed by atoms with Gasteiger partial charge in [-0.25, -0.2) is 0 Å². The maximum atomic E-state index is 11.7. The fourth-order valence-electron chi connectivity index (χ4n) is 2.40. The van der Waals surface area contributed by atoms with Gasteiger partial charge >= 0.3 is 0 Å². The number of alkyl halides is 1. The summed E-state index contributed by atoms with van der Waals surface area (Å²) in [6.07, 6.45) is 10.3. The maximum Gasteiger partial charge on any atom is 0.243 e. The molecule has 1 saturated carbocycles. The maximum absolute atomic E-state index is 11.7. The van der Waals surface area contributed by atoms with E-state index in [1.54, 1.807) is 6.08 Å². The Balaban J connectivity index is 1.69. The van der Waals surface area contributed by atoms with Crippen LogP contribution in [0.15, 0.2) is 12.2 Å². The molecule has 0 spiro atoms. The molecule has 1 N–H and O–H groups in total. The highest BCUT2D eigenvalue weighted by Gasteiger charge is 2.20. The van der Waals surface area contributed by atoms with E-state index in [4.69, 9.17) is 4.74 Å². The third kappa shape index (κ3) is 4.43. The number of amides is 1. The van der Waals surface area contributed by atoms with Crippen LogP contribution in [-0.2, 0) is 9.53 Å². The molecule has 0 aromatic carbocycles. The predicted octanol–water partition coefficient (Wildman–Crippen LogP) is 2.54. The lowest BCUT2D eigenvalue weighted by molar-refractivity contribution is -0.117. The second-order valence-electron chi connectivity index (χ2n) is 4.87. The molecule has 1 aliphatic carbocycles. The molecule has 1 saturated heterocycles. The van der Waals surface area contributed by atoms with Crippen molar-refractivity contribution in [3.63, 3.8) is 0 Å². The molecule has 0 radical (unpaired) electrons. The van der Waals surface area contributed by atoms with Gasteiger partial charge in [0.05, 0.1) is 6.10 Å². The van der Waals surface area contributed by atoms with Gasteiger partial charge in [-0.1, -0.05) is 22.0 Å². The lowest BCUT2D eigenvalue weighted by atomic mass is 9.95. The molecule has 1 aliphatic heterocycles. The van der Waals surface area contributed by atoms with E-state index in [1.807, 2.05) is 6.08 Å². The summed E-state index contributed by atoms with van der Waals surface area (Å²) in [5.74, 6) is 0.0264. The van der Waals surface area contributed by atoms with Gasteiger partial charge in [-0.3, -0.25) is 4.79 Å². The highest BCUT2D eigenvalue weighted by atomic mass is 79.9. The first-order valence-electron chi connectivity index (χ1n) is 6.48. The average molecular weight is 302 g/mol. The Morgan fingerprint density at radius 3 is 2.65 bits per heavy atom. The van der Waals surface area contributed by atoms with Crippen molar-refractivity contribution in [2.75, 3.05) is 6.61 Å². The number of ether oxygens (including phenoxy) is 1. The van der Waals surface area contributed by atoms with Crippen LogP contribution in [0, 0.1) is 0 Å². The third-order valence-corrected chi connectivity index (χ3v) is 4.35. The van der Waals surface area contributed by atoms with Gasteiger partial charge in [-0.2, -0.15) is 0 Å². The number of hydrogen-bond donors (Lipinski definition) is 1. The molecule has 0 aromatic heterocycles. The Labute approximate surface area is 111 Å². The largest absolute Gasteiger partial charge is 0.374 e. The van der Waals surface area contributed by atoms with Crippen molar-refractivity contribution in [2.24, 2.45) is 0 Å². The number of carbonyl (C=O) groups is 1. The minimum absolute atomic E-state index is 0.0264. The van der Waals surface area contributed by atoms with Gasteiger partial charge in [-0.05, 0) is 38.5 Å². The minimum Gasteiger partial charge on any atom is -0.374 e. The molecule has 96 valence electrons. The van der Waals surface area contributed by atoms with Crippen LogP contribution in [0.2, 0.25) is 0 Å². The van der Waals surface area contributed by atoms with Gasteiger partial charge in [0, 0.05) is 23.6 Å². The Morgan fingerprint density at radius 2 is 2.00 bits per heavy atom. The van der Waals surface area contributed by atoms with E-state index in [2.05, 4.69) is 21.2 Å². The van der Waals surface area contributed by atoms with E-state index >= 15 is 0 Å². The van der Waals surface area contributed by atoms with Crippen molar-refractivity contribution in [3.8, 4) is 0 Å². The van der Waals surface area contributed by atoms with Crippen molar-refractivity contribution >= 4 is 21.8 Å². The summed E-state index contributed by atoms with van der Waals surface area (Å²) in [5, 5.41) is 3.06. The topological polar surface area (TPSA) is 38.3 Å². The van der Waals surface area contributed by atoms with Crippen molar-refractivity contribution in [2.45, 2.75) is 55.5 Å². The molecule has 17 heavy (non-hydrogen) atoms. The van der Waals surface area contributed by atoms with Gasteiger partial charge in [0.2, 0.25) is 5.91 Å². The summed E-state index contributed by atoms with van der Waals surface area (Å²) in [6, 6.07) is 0.352. The molecule has 2 fully saturated rings. The molecule has 0 bridgehead atoms. The fraction of sp³-hybridized carbons (Fsp3) is 0.769. The Hall–Kier alpha value is -0.350. The van der Waals surface area contributed by atoms with E-state index in [1.165, 1.54) is 0 Å². The monoisotopic (exact) mass is 301 g/mol. The van der Waals surface area contributed by atoms with Crippen LogP contribution in [0.4, 0.5) is 0 Å². The highest BCUT2D eigenvalue weighted by Crippen LogP contribution is 2.24. The van der Waals surface area contributed by atoms with Crippen LogP contribution in [0.5, 0.6) is 0 Å². The molecule has 2 aliphatic rings. The van der Waals surface area contributed by atoms with Crippen LogP contribution in [0.3, 0.4) is 0 Å². The Kier molecular flexibility index (Phi) is 5.04. The smallest absolute Gasteiger partial charge is 0.243 e. The van der Waals surface area contributed by atoms with Gasteiger partial charge in [0.25, 0.3) is 0 Å². The predicted molar refractivity (Wildman–Crippen MR) is 71.2 cm³/mol. The standard InChI is InChI=1S/C13H20BrNO2/c14-10-3-5-11(6-4-10)15-13(16)8-7-12-2-1-9-17-12/h7-8,10-12H,1-6,9H2,(H,15,16)/b8-7+. The summed E-state index contributed by atoms with van der Waals surface area (Å²) in [6.45, 7) is 0.825. The van der Waals surface area contributed by atoms with Crippen molar-refractivity contribution < 1.29 is 9.53 Å². The van der Waals surface area contributed by atoms with Crippen molar-refractivity contribution in [3.05, 3.63) is 12.2 Å². The fourth-order valence-corrected chi connectivity index (χ4v) is 2.92. The normalized spacial score (nSPS) is 34.1. The number of hydrogen-bond acceptors (Lipinski definition) is 2. The van der Waals surface area contributed by atoms with E-state index in [0.29, 0.717) is 10.9 Å². The van der Waals surface area contributed by atoms with E-state index in [9.17, 15) is 4.79 Å². The van der Waals surface area contributed by atoms with Crippen LogP contribution in [0.25, 0.3) is 0 Å². The van der Waals surface area contributed by atoms with Crippen molar-refractivity contribution in [1.82, 2.24) is 5.32 Å². The molecular weight excluding hydrogens is 282 g/mol. The first-order valence-corrected chi connectivity index (χ1v) is 7.40. The molecule has 3 nitrogen and oxygen atoms in total. The summed E-state index contributed by atoms with van der Waals surface area (Å²) >= 11 is 3.61. The molecule has 1 amide bonds. The third-order valence-electron chi connectivity index (χ3n) is 3.43. The van der Waals surface area contributed by atoms with Gasteiger partial charge in [0.15, 0.2) is 0 Å². The first-order chi connectivity index (χ1) is 8.24. The van der Waals surface area contributed by atoms with Crippen LogP contribution < -0.4 is 5.32 Å². The second kappa shape index (κ2) is 6.55. The van der Waals surface area contributed by atoms with E-state index in [0.717, 1.165) is 45.1 Å². The van der Waals surface area contributed by atoms with Gasteiger partial charge < -0.3 is 10.1 Å². The summed E-state index contributed by atoms with van der Waals surface area (Å²) in [5.41, 5.74) is 0. The highest BCUT2D eigenvalue weighted by molar-refractivity contribution is 9.09. The van der Waals surface area contributed by atoms with Gasteiger partial charge in [0.1, 0.15) is 0 Å². The lowest BCUT2D eigenvalue weighted by Gasteiger charge is -2.25. The minimum atomic E-state index is 0.0264. The number of halogens is 1. The Bertz CT molecular complexity index is 279. The van der Waals surface area contributed by atoms with E-state index < -0.39 is 0 Å². The SMILES string of the molecule is O=C(/C=C/C1CCCO1)NC1CCC(Br)CC1. The molecular formula is C13H20BrNO2. The molecule has 1 unspecified atom stereocenters. The summed E-state index contributed by atoms with van der Waals surface area (Å²) in [7, 11) is 0. The average Bonchev–Trinajstić information content (AvgIpc) is 2.83. The summed E-state index contributed by atoms with van der Waals surface area (Å²) in [4.78, 5) is 12.3. The molecule has 1 atom stereocenters. The van der Waals surface area contributed by atoms with Crippen molar-refractivity contribution in [1.29, 1.82) is 0 Å². The second-order valence-corrected chi connectivity index (χ2v) is 6.16. The molecule has 2 rings (SSSR count). The number of carbonyl (C=O) groups excluding carboxylic acids is 1. The van der Waals surface area contributed by atoms with Gasteiger partial charge in [-0.15, -0.1) is 0 Å². The van der Waals surface area contributed by atoms with Crippen LogP contribution in [0.1, 0.15) is 38.5 Å². The first kappa shape index (κ1) is 13.1. The number of rotatable bonds is 3. The molecule has 1 heterocycles. The molecule has 4 heteroatoms. The zero-order valence-corrected chi connectivity index (χ0v) is 11.6. The zero-order valence-electron chi connectivity index (χ0n) is 10.0. The van der Waals surface area contributed by atoms with E-state index in [-0.39, 0.29) is 12.0 Å². The number of nitrogens with one attached hydrogen (secondary N) is 1. The van der Waals surface area contributed by atoms with Crippen LogP contribution >= 0.6 is 15.9 Å². The molecule has 0 aromatic rings. The zero-order chi connectivity index (χ0) is 12.1.